The lowest BCUT2D eigenvalue weighted by atomic mass is 10.0. The third-order valence-corrected chi connectivity index (χ3v) is 5.04. The minimum absolute atomic E-state index is 0.0984. The Morgan fingerprint density at radius 2 is 1.93 bits per heavy atom. The summed E-state index contributed by atoms with van der Waals surface area (Å²) in [6.07, 6.45) is 6.12. The molecule has 1 saturated carbocycles. The van der Waals surface area contributed by atoms with Gasteiger partial charge in [0.15, 0.2) is 0 Å². The van der Waals surface area contributed by atoms with E-state index in [1.165, 1.54) is 6.08 Å². The Morgan fingerprint density at radius 1 is 1.21 bits per heavy atom. The van der Waals surface area contributed by atoms with Gasteiger partial charge in [0.05, 0.1) is 6.04 Å². The van der Waals surface area contributed by atoms with Crippen molar-refractivity contribution >= 4 is 17.6 Å². The number of nitrogens with one attached hydrogen (secondary N) is 1. The molecule has 1 aromatic rings. The van der Waals surface area contributed by atoms with Crippen LogP contribution in [0.1, 0.15) is 37.0 Å². The maximum absolute atomic E-state index is 12.6. The molecular weight excluding hydrogens is 352 g/mol. The van der Waals surface area contributed by atoms with Crippen LogP contribution in [0.5, 0.6) is 0 Å². The molecule has 28 heavy (non-hydrogen) atoms. The molecule has 0 heterocycles. The van der Waals surface area contributed by atoms with Gasteiger partial charge >= 0.3 is 5.97 Å². The van der Waals surface area contributed by atoms with Gasteiger partial charge < -0.3 is 15.3 Å². The molecule has 0 aliphatic heterocycles. The number of amides is 1. The molecule has 1 fully saturated rings. The van der Waals surface area contributed by atoms with Gasteiger partial charge in [-0.15, -0.1) is 0 Å². The lowest BCUT2D eigenvalue weighted by molar-refractivity contribution is -0.131. The molecular formula is C23H24N2O3. The van der Waals surface area contributed by atoms with E-state index in [1.807, 2.05) is 30.3 Å². The number of nitrogens with zero attached hydrogens (tertiary/aromatic N) is 1. The molecule has 1 aromatic carbocycles. The molecule has 2 N–H and O–H groups in total. The Labute approximate surface area is 165 Å². The standard InChI is InChI=1S/C23H24N2O3/c1-3-25(4-2)19-10-7-17(8-11-19)23(28)24-21-13-9-18-15-16(5-12-20(18)21)6-14-22(26)27/h6-8,10-11,14-15,21H,3-4,9,13H2,1-2H3,(H,24,28)(H,26,27)/b14-6+. The van der Waals surface area contributed by atoms with Crippen LogP contribution in [0, 0.1) is 0 Å². The van der Waals surface area contributed by atoms with Crippen molar-refractivity contribution in [3.63, 3.8) is 0 Å². The van der Waals surface area contributed by atoms with Crippen LogP contribution in [0.25, 0.3) is 0 Å². The maximum Gasteiger partial charge on any atom is 0.328 e. The maximum atomic E-state index is 12.6. The molecule has 0 saturated heterocycles. The summed E-state index contributed by atoms with van der Waals surface area (Å²) < 4.78 is 0. The first-order valence-corrected chi connectivity index (χ1v) is 9.55. The summed E-state index contributed by atoms with van der Waals surface area (Å²) in [5, 5.41) is 11.8. The molecule has 1 amide bonds. The van der Waals surface area contributed by atoms with Crippen LogP contribution in [0.15, 0.2) is 70.7 Å². The molecule has 2 aliphatic rings. The number of carboxylic acids is 1. The van der Waals surface area contributed by atoms with E-state index >= 15 is 0 Å². The topological polar surface area (TPSA) is 69.6 Å². The number of benzene rings is 1. The lowest BCUT2D eigenvalue weighted by Crippen LogP contribution is -2.34. The van der Waals surface area contributed by atoms with Crippen LogP contribution in [0.2, 0.25) is 0 Å². The predicted octanol–water partition coefficient (Wildman–Crippen LogP) is 3.61. The van der Waals surface area contributed by atoms with Crippen LogP contribution >= 0.6 is 0 Å². The Balaban J connectivity index is 1.72. The van der Waals surface area contributed by atoms with Crippen LogP contribution in [0.4, 0.5) is 5.69 Å². The van der Waals surface area contributed by atoms with E-state index in [-0.39, 0.29) is 11.9 Å². The summed E-state index contributed by atoms with van der Waals surface area (Å²) in [7, 11) is 0. The van der Waals surface area contributed by atoms with E-state index < -0.39 is 5.97 Å². The predicted molar refractivity (Wildman–Crippen MR) is 109 cm³/mol. The molecule has 0 radical (unpaired) electrons. The van der Waals surface area contributed by atoms with E-state index in [0.29, 0.717) is 11.1 Å². The zero-order chi connectivity index (χ0) is 20.1. The molecule has 3 rings (SSSR count). The first kappa shape index (κ1) is 19.5. The van der Waals surface area contributed by atoms with Crippen molar-refractivity contribution in [3.05, 3.63) is 76.2 Å². The lowest BCUT2D eigenvalue weighted by Gasteiger charge is -2.21. The Bertz CT molecular complexity index is 937. The summed E-state index contributed by atoms with van der Waals surface area (Å²) in [4.78, 5) is 25.5. The second-order valence-electron chi connectivity index (χ2n) is 6.74. The summed E-state index contributed by atoms with van der Waals surface area (Å²) in [5.41, 5.74) is 10.5. The largest absolute Gasteiger partial charge is 0.478 e. The van der Waals surface area contributed by atoms with Crippen LogP contribution in [-0.2, 0) is 4.79 Å². The van der Waals surface area contributed by atoms with E-state index in [1.54, 1.807) is 0 Å². The number of fused-ring (bicyclic) bond motifs is 1. The highest BCUT2D eigenvalue weighted by Crippen LogP contribution is 2.33. The normalized spacial score (nSPS) is 17.6. The molecule has 1 unspecified atom stereocenters. The number of hydrogen-bond acceptors (Lipinski definition) is 3. The first-order valence-electron chi connectivity index (χ1n) is 9.55. The fourth-order valence-corrected chi connectivity index (χ4v) is 3.53. The highest BCUT2D eigenvalue weighted by molar-refractivity contribution is 5.95. The highest BCUT2D eigenvalue weighted by Gasteiger charge is 2.28. The Morgan fingerprint density at radius 3 is 2.57 bits per heavy atom. The van der Waals surface area contributed by atoms with E-state index in [0.717, 1.165) is 48.8 Å². The summed E-state index contributed by atoms with van der Waals surface area (Å²) in [6, 6.07) is 7.57. The third kappa shape index (κ3) is 4.34. The third-order valence-electron chi connectivity index (χ3n) is 5.04. The number of carboxylic acid groups (broad SMARTS) is 1. The Hall–Kier alpha value is -3.26. The second kappa shape index (κ2) is 8.62. The van der Waals surface area contributed by atoms with Gasteiger partial charge in [-0.2, -0.15) is 0 Å². The van der Waals surface area contributed by atoms with Crippen molar-refractivity contribution in [2.75, 3.05) is 18.0 Å². The summed E-state index contributed by atoms with van der Waals surface area (Å²) in [5.74, 6) is -1.10. The molecule has 5 nitrogen and oxygen atoms in total. The van der Waals surface area contributed by atoms with Gasteiger partial charge in [-0.25, -0.2) is 4.79 Å². The second-order valence-corrected chi connectivity index (χ2v) is 6.74. The van der Waals surface area contributed by atoms with Gasteiger partial charge in [0.2, 0.25) is 0 Å². The van der Waals surface area contributed by atoms with Crippen LogP contribution in [0.3, 0.4) is 0 Å². The monoisotopic (exact) mass is 376 g/mol. The van der Waals surface area contributed by atoms with Crippen molar-refractivity contribution in [1.82, 2.24) is 5.32 Å². The molecule has 1 atom stereocenters. The van der Waals surface area contributed by atoms with Crippen molar-refractivity contribution in [1.29, 1.82) is 0 Å². The van der Waals surface area contributed by atoms with Gasteiger partial charge in [0.1, 0.15) is 0 Å². The number of aliphatic carboxylic acids is 1. The first-order chi connectivity index (χ1) is 13.5. The number of carbonyl (C=O) groups is 2. The van der Waals surface area contributed by atoms with Gasteiger partial charge in [0.25, 0.3) is 5.91 Å². The van der Waals surface area contributed by atoms with Crippen molar-refractivity contribution in [3.8, 4) is 0 Å². The SMILES string of the molecule is CCN(CC)c1ccc(C(=O)NC2CCC3=CC(/C=C/C(=O)O)=C=C=C32)cc1. The minimum atomic E-state index is -0.994. The van der Waals surface area contributed by atoms with Gasteiger partial charge in [-0.1, -0.05) is 11.5 Å². The Kier molecular flexibility index (Phi) is 6.00. The molecule has 5 heteroatoms. The molecule has 144 valence electrons. The quantitative estimate of drug-likeness (QED) is 0.563. The van der Waals surface area contributed by atoms with E-state index in [4.69, 9.17) is 5.11 Å². The van der Waals surface area contributed by atoms with Crippen LogP contribution in [-0.4, -0.2) is 36.1 Å². The van der Waals surface area contributed by atoms with Crippen LogP contribution < -0.4 is 10.2 Å². The van der Waals surface area contributed by atoms with E-state index in [2.05, 4.69) is 35.5 Å². The summed E-state index contributed by atoms with van der Waals surface area (Å²) in [6.45, 7) is 6.07. The zero-order valence-corrected chi connectivity index (χ0v) is 16.2. The summed E-state index contributed by atoms with van der Waals surface area (Å²) >= 11 is 0. The minimum Gasteiger partial charge on any atom is -0.478 e. The van der Waals surface area contributed by atoms with Crippen molar-refractivity contribution < 1.29 is 14.7 Å². The number of allylic oxidation sites excluding steroid dienone is 3. The number of hydrogen-bond donors (Lipinski definition) is 2. The van der Waals surface area contributed by atoms with Gasteiger partial charge in [-0.3, -0.25) is 4.79 Å². The number of anilines is 1. The molecule has 0 spiro atoms. The molecule has 2 aliphatic carbocycles. The van der Waals surface area contributed by atoms with Crippen molar-refractivity contribution in [2.45, 2.75) is 32.7 Å². The number of carbonyl (C=O) groups excluding carboxylic acids is 1. The zero-order valence-electron chi connectivity index (χ0n) is 16.2. The fraction of sp³-hybridized carbons (Fsp3) is 0.304. The van der Waals surface area contributed by atoms with Gasteiger partial charge in [0, 0.05) is 41.6 Å². The molecule has 0 bridgehead atoms. The van der Waals surface area contributed by atoms with Crippen molar-refractivity contribution in [2.24, 2.45) is 0 Å². The van der Waals surface area contributed by atoms with Gasteiger partial charge in [-0.05, 0) is 68.7 Å². The highest BCUT2D eigenvalue weighted by atomic mass is 16.4. The fourth-order valence-electron chi connectivity index (χ4n) is 3.53. The average Bonchev–Trinajstić information content (AvgIpc) is 3.10. The van der Waals surface area contributed by atoms with E-state index in [9.17, 15) is 9.59 Å². The average molecular weight is 376 g/mol. The smallest absolute Gasteiger partial charge is 0.328 e. The molecule has 0 aromatic heterocycles. The number of rotatable bonds is 7.